The van der Waals surface area contributed by atoms with Crippen molar-refractivity contribution in [2.24, 2.45) is 0 Å². The summed E-state index contributed by atoms with van der Waals surface area (Å²) in [7, 11) is 0. The van der Waals surface area contributed by atoms with Gasteiger partial charge in [-0.3, -0.25) is 0 Å². The zero-order valence-electron chi connectivity index (χ0n) is 12.3. The van der Waals surface area contributed by atoms with Crippen molar-refractivity contribution in [1.82, 2.24) is 5.32 Å². The Balaban J connectivity index is 2.60. The lowest BCUT2D eigenvalue weighted by molar-refractivity contribution is 0.0732. The van der Waals surface area contributed by atoms with Crippen molar-refractivity contribution in [3.05, 3.63) is 34.3 Å². The second kappa shape index (κ2) is 9.51. The molecule has 19 heavy (non-hydrogen) atoms. The molecule has 0 radical (unpaired) electrons. The third-order valence-electron chi connectivity index (χ3n) is 3.08. The Labute approximate surface area is 126 Å². The average Bonchev–Trinajstić information content (AvgIpc) is 2.37. The van der Waals surface area contributed by atoms with Gasteiger partial charge in [0.2, 0.25) is 0 Å². The van der Waals surface area contributed by atoms with Gasteiger partial charge in [0.15, 0.2) is 0 Å². The van der Waals surface area contributed by atoms with Crippen LogP contribution < -0.4 is 5.32 Å². The first kappa shape index (κ1) is 16.7. The van der Waals surface area contributed by atoms with Crippen molar-refractivity contribution in [2.75, 3.05) is 19.7 Å². The molecule has 1 rings (SSSR count). The number of ether oxygens (including phenoxy) is 1. The van der Waals surface area contributed by atoms with Gasteiger partial charge in [-0.1, -0.05) is 41.1 Å². The van der Waals surface area contributed by atoms with Gasteiger partial charge >= 0.3 is 0 Å². The van der Waals surface area contributed by atoms with Gasteiger partial charge in [0.05, 0.1) is 6.10 Å². The molecule has 0 saturated heterocycles. The molecule has 0 amide bonds. The van der Waals surface area contributed by atoms with Crippen LogP contribution in [0.2, 0.25) is 0 Å². The molecule has 108 valence electrons. The number of hydrogen-bond donors (Lipinski definition) is 1. The predicted molar refractivity (Wildman–Crippen MR) is 85.7 cm³/mol. The van der Waals surface area contributed by atoms with Crippen molar-refractivity contribution in [2.45, 2.75) is 45.6 Å². The first-order valence-corrected chi connectivity index (χ1v) is 8.01. The largest absolute Gasteiger partial charge is 0.379 e. The van der Waals surface area contributed by atoms with E-state index in [2.05, 4.69) is 66.3 Å². The Morgan fingerprint density at radius 2 is 2.00 bits per heavy atom. The summed E-state index contributed by atoms with van der Waals surface area (Å²) in [6.07, 6.45) is 2.53. The minimum atomic E-state index is 0.309. The summed E-state index contributed by atoms with van der Waals surface area (Å²) in [5, 5.41) is 3.52. The fraction of sp³-hybridized carbons (Fsp3) is 0.625. The molecule has 0 aliphatic rings. The monoisotopic (exact) mass is 327 g/mol. The summed E-state index contributed by atoms with van der Waals surface area (Å²) >= 11 is 3.66. The topological polar surface area (TPSA) is 21.3 Å². The average molecular weight is 328 g/mol. The number of benzene rings is 1. The summed E-state index contributed by atoms with van der Waals surface area (Å²) in [5.74, 6) is 0.501. The molecule has 0 aliphatic carbocycles. The minimum Gasteiger partial charge on any atom is -0.379 e. The quantitative estimate of drug-likeness (QED) is 0.681. The second-order valence-corrected chi connectivity index (χ2v) is 5.99. The minimum absolute atomic E-state index is 0.309. The molecule has 0 aromatic heterocycles. The van der Waals surface area contributed by atoms with Gasteiger partial charge in [-0.25, -0.2) is 0 Å². The standard InChI is InChI=1S/C16H26BrNO/c1-4-10-18-12-14(9-11-19-13(2)3)15-7-5-6-8-16(15)17/h5-8,13-14,18H,4,9-12H2,1-3H3. The molecular weight excluding hydrogens is 302 g/mol. The molecule has 0 fully saturated rings. The fourth-order valence-corrected chi connectivity index (χ4v) is 2.68. The summed E-state index contributed by atoms with van der Waals surface area (Å²) in [4.78, 5) is 0. The molecule has 0 spiro atoms. The zero-order chi connectivity index (χ0) is 14.1. The zero-order valence-corrected chi connectivity index (χ0v) is 13.9. The van der Waals surface area contributed by atoms with Crippen LogP contribution in [0, 0.1) is 0 Å². The van der Waals surface area contributed by atoms with Gasteiger partial charge in [-0.05, 0) is 50.8 Å². The third kappa shape index (κ3) is 6.55. The molecule has 2 nitrogen and oxygen atoms in total. The lowest BCUT2D eigenvalue weighted by Gasteiger charge is -2.20. The molecule has 3 heteroatoms. The molecule has 0 saturated carbocycles. The Kier molecular flexibility index (Phi) is 8.35. The normalized spacial score (nSPS) is 12.9. The van der Waals surface area contributed by atoms with Crippen molar-refractivity contribution >= 4 is 15.9 Å². The predicted octanol–water partition coefficient (Wildman–Crippen LogP) is 4.35. The summed E-state index contributed by atoms with van der Waals surface area (Å²) in [6, 6.07) is 8.49. The van der Waals surface area contributed by atoms with E-state index in [-0.39, 0.29) is 0 Å². The van der Waals surface area contributed by atoms with E-state index in [1.54, 1.807) is 0 Å². The molecule has 0 aliphatic heterocycles. The van der Waals surface area contributed by atoms with Gasteiger partial charge in [-0.15, -0.1) is 0 Å². The van der Waals surface area contributed by atoms with E-state index in [4.69, 9.17) is 4.74 Å². The Morgan fingerprint density at radius 3 is 2.63 bits per heavy atom. The smallest absolute Gasteiger partial charge is 0.0518 e. The lowest BCUT2D eigenvalue weighted by Crippen LogP contribution is -2.24. The van der Waals surface area contributed by atoms with Crippen LogP contribution in [0.15, 0.2) is 28.7 Å². The van der Waals surface area contributed by atoms with Crippen LogP contribution in [0.4, 0.5) is 0 Å². The highest BCUT2D eigenvalue weighted by Crippen LogP contribution is 2.27. The maximum atomic E-state index is 5.70. The highest BCUT2D eigenvalue weighted by molar-refractivity contribution is 9.10. The molecule has 1 N–H and O–H groups in total. The Hall–Kier alpha value is -0.380. The molecule has 1 aromatic rings. The molecule has 1 aromatic carbocycles. The number of halogens is 1. The molecular formula is C16H26BrNO. The van der Waals surface area contributed by atoms with Crippen molar-refractivity contribution in [3.63, 3.8) is 0 Å². The lowest BCUT2D eigenvalue weighted by atomic mass is 9.96. The van der Waals surface area contributed by atoms with Crippen LogP contribution in [0.5, 0.6) is 0 Å². The first-order valence-electron chi connectivity index (χ1n) is 7.21. The van der Waals surface area contributed by atoms with E-state index in [9.17, 15) is 0 Å². The van der Waals surface area contributed by atoms with Gasteiger partial charge < -0.3 is 10.1 Å². The molecule has 1 unspecified atom stereocenters. The van der Waals surface area contributed by atoms with Gasteiger partial charge in [-0.2, -0.15) is 0 Å². The molecule has 0 heterocycles. The van der Waals surface area contributed by atoms with Crippen molar-refractivity contribution < 1.29 is 4.74 Å². The van der Waals surface area contributed by atoms with Crippen LogP contribution in [0.1, 0.15) is 45.1 Å². The number of rotatable bonds is 9. The van der Waals surface area contributed by atoms with Crippen LogP contribution in [0.25, 0.3) is 0 Å². The summed E-state index contributed by atoms with van der Waals surface area (Å²) in [5.41, 5.74) is 1.37. The summed E-state index contributed by atoms with van der Waals surface area (Å²) < 4.78 is 6.89. The Morgan fingerprint density at radius 1 is 1.26 bits per heavy atom. The highest BCUT2D eigenvalue weighted by atomic mass is 79.9. The van der Waals surface area contributed by atoms with E-state index in [1.165, 1.54) is 16.5 Å². The number of nitrogens with one attached hydrogen (secondary N) is 1. The second-order valence-electron chi connectivity index (χ2n) is 5.13. The first-order chi connectivity index (χ1) is 9.15. The van der Waals surface area contributed by atoms with E-state index >= 15 is 0 Å². The van der Waals surface area contributed by atoms with E-state index in [0.717, 1.165) is 26.1 Å². The van der Waals surface area contributed by atoms with Gasteiger partial charge in [0.25, 0.3) is 0 Å². The van der Waals surface area contributed by atoms with Crippen molar-refractivity contribution in [3.8, 4) is 0 Å². The van der Waals surface area contributed by atoms with Crippen LogP contribution in [-0.4, -0.2) is 25.8 Å². The van der Waals surface area contributed by atoms with Gasteiger partial charge in [0.1, 0.15) is 0 Å². The molecule has 0 bridgehead atoms. The maximum Gasteiger partial charge on any atom is 0.0518 e. The van der Waals surface area contributed by atoms with E-state index < -0.39 is 0 Å². The van der Waals surface area contributed by atoms with E-state index in [0.29, 0.717) is 12.0 Å². The maximum absolute atomic E-state index is 5.70. The molecule has 1 atom stereocenters. The van der Waals surface area contributed by atoms with Crippen LogP contribution >= 0.6 is 15.9 Å². The van der Waals surface area contributed by atoms with Crippen molar-refractivity contribution in [1.29, 1.82) is 0 Å². The Bertz CT molecular complexity index is 354. The fourth-order valence-electron chi connectivity index (χ4n) is 2.07. The van der Waals surface area contributed by atoms with Gasteiger partial charge in [0, 0.05) is 17.6 Å². The highest BCUT2D eigenvalue weighted by Gasteiger charge is 2.14. The SMILES string of the molecule is CCCNCC(CCOC(C)C)c1ccccc1Br. The van der Waals surface area contributed by atoms with Crippen LogP contribution in [0.3, 0.4) is 0 Å². The third-order valence-corrected chi connectivity index (χ3v) is 3.80. The van der Waals surface area contributed by atoms with E-state index in [1.807, 2.05) is 0 Å². The summed E-state index contributed by atoms with van der Waals surface area (Å²) in [6.45, 7) is 9.27. The van der Waals surface area contributed by atoms with Crippen LogP contribution in [-0.2, 0) is 4.74 Å². The number of hydrogen-bond acceptors (Lipinski definition) is 2.